The van der Waals surface area contributed by atoms with Gasteiger partial charge in [0.05, 0.1) is 0 Å². The number of rotatable bonds is 4. The third kappa shape index (κ3) is 3.03. The highest BCUT2D eigenvalue weighted by atomic mass is 32.2. The van der Waals surface area contributed by atoms with Crippen LogP contribution in [0.15, 0.2) is 23.1 Å². The molecule has 1 aromatic carbocycles. The molecule has 0 amide bonds. The predicted molar refractivity (Wildman–Crippen MR) is 65.0 cm³/mol. The van der Waals surface area contributed by atoms with Crippen LogP contribution in [-0.4, -0.2) is 25.3 Å². The summed E-state index contributed by atoms with van der Waals surface area (Å²) in [4.78, 5) is 3.58. The Morgan fingerprint density at radius 3 is 2.43 bits per heavy atom. The Morgan fingerprint density at radius 1 is 1.21 bits per heavy atom. The van der Waals surface area contributed by atoms with Crippen molar-refractivity contribution in [2.45, 2.75) is 24.8 Å². The van der Waals surface area contributed by atoms with Crippen molar-refractivity contribution in [3.63, 3.8) is 0 Å². The Hall–Kier alpha value is -0.470. The standard InChI is InChI=1S/C12H19NS/c1-5-10-8-12(14-4)7-6-11(10)9-13(2)3/h6-8H,5,9H2,1-4H3. The summed E-state index contributed by atoms with van der Waals surface area (Å²) >= 11 is 1.81. The molecule has 0 bridgehead atoms. The van der Waals surface area contributed by atoms with Gasteiger partial charge in [-0.2, -0.15) is 0 Å². The second-order valence-corrected chi connectivity index (χ2v) is 4.61. The van der Waals surface area contributed by atoms with Gasteiger partial charge in [0.25, 0.3) is 0 Å². The molecule has 1 aromatic rings. The van der Waals surface area contributed by atoms with Gasteiger partial charge in [-0.1, -0.05) is 13.0 Å². The first kappa shape index (κ1) is 11.6. The maximum Gasteiger partial charge on any atom is 0.0230 e. The highest BCUT2D eigenvalue weighted by Gasteiger charge is 2.02. The van der Waals surface area contributed by atoms with E-state index in [0.717, 1.165) is 13.0 Å². The largest absolute Gasteiger partial charge is 0.305 e. The molecule has 0 saturated heterocycles. The molecule has 78 valence electrons. The van der Waals surface area contributed by atoms with Gasteiger partial charge in [0.1, 0.15) is 0 Å². The Morgan fingerprint density at radius 2 is 1.93 bits per heavy atom. The molecule has 0 N–H and O–H groups in total. The molecule has 1 nitrogen and oxygen atoms in total. The van der Waals surface area contributed by atoms with Gasteiger partial charge in [-0.15, -0.1) is 11.8 Å². The summed E-state index contributed by atoms with van der Waals surface area (Å²) in [5.41, 5.74) is 2.93. The lowest BCUT2D eigenvalue weighted by molar-refractivity contribution is 0.401. The van der Waals surface area contributed by atoms with E-state index in [1.807, 2.05) is 11.8 Å². The second-order valence-electron chi connectivity index (χ2n) is 3.73. The number of hydrogen-bond donors (Lipinski definition) is 0. The van der Waals surface area contributed by atoms with Gasteiger partial charge in [-0.25, -0.2) is 0 Å². The lowest BCUT2D eigenvalue weighted by Gasteiger charge is -2.14. The fourth-order valence-electron chi connectivity index (χ4n) is 1.55. The molecule has 0 radical (unpaired) electrons. The molecule has 0 unspecified atom stereocenters. The number of benzene rings is 1. The topological polar surface area (TPSA) is 3.24 Å². The zero-order valence-electron chi connectivity index (χ0n) is 9.50. The van der Waals surface area contributed by atoms with Crippen molar-refractivity contribution in [2.24, 2.45) is 0 Å². The number of hydrogen-bond acceptors (Lipinski definition) is 2. The van der Waals surface area contributed by atoms with Crippen molar-refractivity contribution in [2.75, 3.05) is 20.4 Å². The third-order valence-corrected chi connectivity index (χ3v) is 3.01. The average molecular weight is 209 g/mol. The van der Waals surface area contributed by atoms with Crippen LogP contribution in [0.1, 0.15) is 18.1 Å². The zero-order valence-corrected chi connectivity index (χ0v) is 10.3. The molecule has 0 aliphatic heterocycles. The van der Waals surface area contributed by atoms with Gasteiger partial charge in [0.2, 0.25) is 0 Å². The first-order chi connectivity index (χ1) is 6.67. The smallest absolute Gasteiger partial charge is 0.0230 e. The van der Waals surface area contributed by atoms with Crippen LogP contribution in [-0.2, 0) is 13.0 Å². The van der Waals surface area contributed by atoms with Crippen LogP contribution < -0.4 is 0 Å². The van der Waals surface area contributed by atoms with E-state index in [4.69, 9.17) is 0 Å². The van der Waals surface area contributed by atoms with Crippen LogP contribution in [0.4, 0.5) is 0 Å². The van der Waals surface area contributed by atoms with Crippen molar-refractivity contribution in [1.82, 2.24) is 4.90 Å². The van der Waals surface area contributed by atoms with Crippen LogP contribution >= 0.6 is 11.8 Å². The van der Waals surface area contributed by atoms with Crippen LogP contribution in [0.25, 0.3) is 0 Å². The minimum Gasteiger partial charge on any atom is -0.305 e. The summed E-state index contributed by atoms with van der Waals surface area (Å²) in [6.07, 6.45) is 3.25. The van der Waals surface area contributed by atoms with Crippen LogP contribution in [0.2, 0.25) is 0 Å². The van der Waals surface area contributed by atoms with Crippen molar-refractivity contribution in [1.29, 1.82) is 0 Å². The summed E-state index contributed by atoms with van der Waals surface area (Å²) in [6, 6.07) is 6.77. The van der Waals surface area contributed by atoms with Crippen LogP contribution in [0.3, 0.4) is 0 Å². The third-order valence-electron chi connectivity index (χ3n) is 2.28. The predicted octanol–water partition coefficient (Wildman–Crippen LogP) is 3.03. The van der Waals surface area contributed by atoms with E-state index < -0.39 is 0 Å². The molecule has 0 aliphatic carbocycles. The van der Waals surface area contributed by atoms with Crippen molar-refractivity contribution >= 4 is 11.8 Å². The molecule has 0 aromatic heterocycles. The number of thioether (sulfide) groups is 1. The van der Waals surface area contributed by atoms with Gasteiger partial charge < -0.3 is 4.90 Å². The van der Waals surface area contributed by atoms with Crippen LogP contribution in [0, 0.1) is 0 Å². The van der Waals surface area contributed by atoms with Crippen molar-refractivity contribution < 1.29 is 0 Å². The highest BCUT2D eigenvalue weighted by Crippen LogP contribution is 2.20. The maximum absolute atomic E-state index is 2.31. The SMILES string of the molecule is CCc1cc(SC)ccc1CN(C)C. The van der Waals surface area contributed by atoms with E-state index in [1.54, 1.807) is 0 Å². The minimum absolute atomic E-state index is 1.04. The maximum atomic E-state index is 2.31. The zero-order chi connectivity index (χ0) is 10.6. The summed E-state index contributed by atoms with van der Waals surface area (Å²) in [7, 11) is 4.23. The lowest BCUT2D eigenvalue weighted by atomic mass is 10.1. The van der Waals surface area contributed by atoms with Gasteiger partial charge in [0.15, 0.2) is 0 Å². The highest BCUT2D eigenvalue weighted by molar-refractivity contribution is 7.98. The van der Waals surface area contributed by atoms with Gasteiger partial charge in [0, 0.05) is 11.4 Å². The Balaban J connectivity index is 2.93. The molecule has 0 aliphatic rings. The first-order valence-corrected chi connectivity index (χ1v) is 6.20. The average Bonchev–Trinajstić information content (AvgIpc) is 2.17. The molecular formula is C12H19NS. The van der Waals surface area contributed by atoms with E-state index in [0.29, 0.717) is 0 Å². The van der Waals surface area contributed by atoms with E-state index in [2.05, 4.69) is 50.4 Å². The molecule has 2 heteroatoms. The van der Waals surface area contributed by atoms with Gasteiger partial charge in [-0.3, -0.25) is 0 Å². The van der Waals surface area contributed by atoms with Gasteiger partial charge in [-0.05, 0) is 50.0 Å². The normalized spacial score (nSPS) is 10.9. The van der Waals surface area contributed by atoms with Crippen molar-refractivity contribution in [3.8, 4) is 0 Å². The summed E-state index contributed by atoms with van der Waals surface area (Å²) in [6.45, 7) is 3.26. The molecule has 0 heterocycles. The Bertz CT molecular complexity index is 294. The quantitative estimate of drug-likeness (QED) is 0.701. The van der Waals surface area contributed by atoms with E-state index in [1.165, 1.54) is 16.0 Å². The molecule has 0 spiro atoms. The molecule has 0 fully saturated rings. The molecule has 0 saturated carbocycles. The molecule has 0 atom stereocenters. The lowest BCUT2D eigenvalue weighted by Crippen LogP contribution is -2.12. The molecule has 14 heavy (non-hydrogen) atoms. The van der Waals surface area contributed by atoms with Gasteiger partial charge >= 0.3 is 0 Å². The molecule has 1 rings (SSSR count). The van der Waals surface area contributed by atoms with E-state index in [-0.39, 0.29) is 0 Å². The monoisotopic (exact) mass is 209 g/mol. The summed E-state index contributed by atoms with van der Waals surface area (Å²) in [5.74, 6) is 0. The van der Waals surface area contributed by atoms with E-state index >= 15 is 0 Å². The van der Waals surface area contributed by atoms with Crippen molar-refractivity contribution in [3.05, 3.63) is 29.3 Å². The number of nitrogens with zero attached hydrogens (tertiary/aromatic N) is 1. The fourth-order valence-corrected chi connectivity index (χ4v) is 2.02. The summed E-state index contributed by atoms with van der Waals surface area (Å²) < 4.78 is 0. The Labute approximate surface area is 91.5 Å². The molecular weight excluding hydrogens is 190 g/mol. The fraction of sp³-hybridized carbons (Fsp3) is 0.500. The first-order valence-electron chi connectivity index (χ1n) is 4.98. The summed E-state index contributed by atoms with van der Waals surface area (Å²) in [5, 5.41) is 0. The number of aryl methyl sites for hydroxylation is 1. The van der Waals surface area contributed by atoms with E-state index in [9.17, 15) is 0 Å². The second kappa shape index (κ2) is 5.42. The minimum atomic E-state index is 1.04. The Kier molecular flexibility index (Phi) is 4.49. The van der Waals surface area contributed by atoms with Crippen LogP contribution in [0.5, 0.6) is 0 Å².